The Balaban J connectivity index is 1.35. The van der Waals surface area contributed by atoms with Gasteiger partial charge in [0.2, 0.25) is 5.95 Å². The largest absolute Gasteiger partial charge is 0.490 e. The smallest absolute Gasteiger partial charge is 0.225 e. The van der Waals surface area contributed by atoms with Gasteiger partial charge in [0.1, 0.15) is 11.9 Å². The fourth-order valence-electron chi connectivity index (χ4n) is 4.62. The molecule has 4 rings (SSSR count). The van der Waals surface area contributed by atoms with Crippen LogP contribution in [0.4, 0.5) is 5.95 Å². The number of hydrogen-bond donors (Lipinski definition) is 1. The van der Waals surface area contributed by atoms with E-state index in [9.17, 15) is 5.11 Å². The monoisotopic (exact) mass is 453 g/mol. The Morgan fingerprint density at radius 1 is 1.00 bits per heavy atom. The summed E-state index contributed by atoms with van der Waals surface area (Å²) >= 11 is 0. The minimum atomic E-state index is 0.201. The van der Waals surface area contributed by atoms with E-state index in [4.69, 9.17) is 4.74 Å². The predicted octanol–water partition coefficient (Wildman–Crippen LogP) is 2.76. The van der Waals surface area contributed by atoms with E-state index in [1.54, 1.807) is 0 Å². The van der Waals surface area contributed by atoms with Crippen LogP contribution in [0.15, 0.2) is 30.6 Å². The van der Waals surface area contributed by atoms with Crippen LogP contribution in [0, 0.1) is 0 Å². The highest BCUT2D eigenvalue weighted by molar-refractivity contribution is 5.38. The van der Waals surface area contributed by atoms with Gasteiger partial charge in [0.25, 0.3) is 0 Å². The van der Waals surface area contributed by atoms with Gasteiger partial charge in [0, 0.05) is 77.7 Å². The highest BCUT2D eigenvalue weighted by Gasteiger charge is 2.23. The van der Waals surface area contributed by atoms with E-state index in [0.717, 1.165) is 89.6 Å². The van der Waals surface area contributed by atoms with E-state index in [1.807, 2.05) is 12.4 Å². The minimum Gasteiger partial charge on any atom is -0.490 e. The van der Waals surface area contributed by atoms with Crippen LogP contribution in [-0.2, 0) is 19.4 Å². The number of aliphatic hydroxyl groups is 1. The highest BCUT2D eigenvalue weighted by atomic mass is 16.5. The molecule has 0 atom stereocenters. The minimum absolute atomic E-state index is 0.201. The first-order valence-electron chi connectivity index (χ1n) is 12.5. The third-order valence-corrected chi connectivity index (χ3v) is 6.85. The number of hydrogen-bond acceptors (Lipinski definition) is 7. The van der Waals surface area contributed by atoms with Gasteiger partial charge >= 0.3 is 0 Å². The number of piperazine rings is 1. The van der Waals surface area contributed by atoms with Crippen LogP contribution >= 0.6 is 0 Å². The summed E-state index contributed by atoms with van der Waals surface area (Å²) in [6, 6.07) is 6.66. The van der Waals surface area contributed by atoms with Crippen LogP contribution in [0.5, 0.6) is 5.75 Å². The molecule has 1 aromatic heterocycles. The Hall–Kier alpha value is -2.22. The van der Waals surface area contributed by atoms with Gasteiger partial charge in [-0.25, -0.2) is 9.97 Å². The van der Waals surface area contributed by atoms with Gasteiger partial charge < -0.3 is 19.6 Å². The zero-order valence-corrected chi connectivity index (χ0v) is 20.2. The first-order valence-corrected chi connectivity index (χ1v) is 12.5. The van der Waals surface area contributed by atoms with Crippen LogP contribution in [0.25, 0.3) is 0 Å². The molecule has 7 heteroatoms. The Morgan fingerprint density at radius 3 is 2.39 bits per heavy atom. The first kappa shape index (κ1) is 23.9. The van der Waals surface area contributed by atoms with Gasteiger partial charge in [0.05, 0.1) is 0 Å². The van der Waals surface area contributed by atoms with Crippen LogP contribution in [0.1, 0.15) is 42.9 Å². The fourth-order valence-corrected chi connectivity index (χ4v) is 4.62. The second-order valence-corrected chi connectivity index (χ2v) is 9.40. The molecule has 1 N–H and O–H groups in total. The molecule has 180 valence electrons. The summed E-state index contributed by atoms with van der Waals surface area (Å²) in [7, 11) is 2.19. The van der Waals surface area contributed by atoms with Gasteiger partial charge in [-0.2, -0.15) is 0 Å². The lowest BCUT2D eigenvalue weighted by atomic mass is 10.0. The van der Waals surface area contributed by atoms with Crippen molar-refractivity contribution in [3.63, 3.8) is 0 Å². The van der Waals surface area contributed by atoms with Crippen molar-refractivity contribution in [3.8, 4) is 5.75 Å². The molecule has 0 aliphatic carbocycles. The van der Waals surface area contributed by atoms with E-state index < -0.39 is 0 Å². The maximum absolute atomic E-state index is 9.39. The normalized spacial score (nSPS) is 18.6. The molecule has 2 aliphatic rings. The van der Waals surface area contributed by atoms with Crippen molar-refractivity contribution in [2.75, 3.05) is 57.8 Å². The number of rotatable bonds is 9. The van der Waals surface area contributed by atoms with Crippen LogP contribution in [0.2, 0.25) is 0 Å². The van der Waals surface area contributed by atoms with E-state index in [-0.39, 0.29) is 12.7 Å². The van der Waals surface area contributed by atoms with E-state index in [1.165, 1.54) is 16.7 Å². The lowest BCUT2D eigenvalue weighted by Crippen LogP contribution is -2.43. The van der Waals surface area contributed by atoms with Gasteiger partial charge in [-0.1, -0.05) is 19.1 Å². The Bertz CT molecular complexity index is 859. The second-order valence-electron chi connectivity index (χ2n) is 9.40. The standard InChI is InChI=1S/C26H39N5O2/c1-3-21-18-27-26(28-19-21)31-10-8-24(9-11-31)33-25-7-6-22(17-23(25)5-4-16-32)20-30-14-12-29(2)13-15-30/h6-7,17-19,24,32H,3-5,8-16,20H2,1-2H3. The van der Waals surface area contributed by atoms with Crippen molar-refractivity contribution >= 4 is 5.95 Å². The summed E-state index contributed by atoms with van der Waals surface area (Å²) in [5, 5.41) is 9.39. The molecule has 0 spiro atoms. The Labute approximate surface area is 198 Å². The van der Waals surface area contributed by atoms with Crippen LogP contribution < -0.4 is 9.64 Å². The van der Waals surface area contributed by atoms with Crippen molar-refractivity contribution in [2.24, 2.45) is 0 Å². The molecule has 0 bridgehead atoms. The van der Waals surface area contributed by atoms with E-state index >= 15 is 0 Å². The maximum atomic E-state index is 9.39. The summed E-state index contributed by atoms with van der Waals surface area (Å²) < 4.78 is 6.49. The topological polar surface area (TPSA) is 65.0 Å². The summed E-state index contributed by atoms with van der Waals surface area (Å²) in [5.74, 6) is 1.80. The molecule has 0 unspecified atom stereocenters. The Kier molecular flexibility index (Phi) is 8.53. The van der Waals surface area contributed by atoms with Crippen molar-refractivity contribution in [1.82, 2.24) is 19.8 Å². The predicted molar refractivity (Wildman–Crippen MR) is 132 cm³/mol. The maximum Gasteiger partial charge on any atom is 0.225 e. The Morgan fingerprint density at radius 2 is 1.73 bits per heavy atom. The zero-order chi connectivity index (χ0) is 23.0. The molecule has 0 saturated carbocycles. The number of ether oxygens (including phenoxy) is 1. The van der Waals surface area contributed by atoms with Gasteiger partial charge in [0.15, 0.2) is 0 Å². The number of benzene rings is 1. The van der Waals surface area contributed by atoms with Crippen molar-refractivity contribution in [3.05, 3.63) is 47.3 Å². The average Bonchev–Trinajstić information content (AvgIpc) is 2.86. The number of piperidine rings is 1. The number of aliphatic hydroxyl groups excluding tert-OH is 1. The van der Waals surface area contributed by atoms with Crippen molar-refractivity contribution in [2.45, 2.75) is 51.7 Å². The van der Waals surface area contributed by atoms with Crippen molar-refractivity contribution in [1.29, 1.82) is 0 Å². The molecule has 3 heterocycles. The second kappa shape index (κ2) is 11.8. The number of anilines is 1. The quantitative estimate of drug-likeness (QED) is 0.626. The first-order chi connectivity index (χ1) is 16.1. The summed E-state index contributed by atoms with van der Waals surface area (Å²) in [4.78, 5) is 16.2. The fraction of sp³-hybridized carbons (Fsp3) is 0.615. The average molecular weight is 454 g/mol. The summed E-state index contributed by atoms with van der Waals surface area (Å²) in [6.07, 6.45) is 8.56. The molecule has 0 amide bonds. The third kappa shape index (κ3) is 6.65. The lowest BCUT2D eigenvalue weighted by molar-refractivity contribution is 0.148. The number of aromatic nitrogens is 2. The molecule has 33 heavy (non-hydrogen) atoms. The molecule has 2 aliphatic heterocycles. The van der Waals surface area contributed by atoms with Crippen LogP contribution in [-0.4, -0.2) is 83.9 Å². The van der Waals surface area contributed by atoms with E-state index in [0.29, 0.717) is 0 Å². The van der Waals surface area contributed by atoms with E-state index in [2.05, 4.69) is 56.8 Å². The molecule has 2 aromatic rings. The van der Waals surface area contributed by atoms with Gasteiger partial charge in [-0.05, 0) is 49.1 Å². The number of nitrogens with zero attached hydrogens (tertiary/aromatic N) is 5. The van der Waals surface area contributed by atoms with Gasteiger partial charge in [-0.3, -0.25) is 4.90 Å². The third-order valence-electron chi connectivity index (χ3n) is 6.85. The van der Waals surface area contributed by atoms with Gasteiger partial charge in [-0.15, -0.1) is 0 Å². The molecule has 2 saturated heterocycles. The number of aryl methyl sites for hydroxylation is 2. The molecule has 0 radical (unpaired) electrons. The summed E-state index contributed by atoms with van der Waals surface area (Å²) in [6.45, 7) is 9.61. The molecule has 7 nitrogen and oxygen atoms in total. The molecular formula is C26H39N5O2. The molecular weight excluding hydrogens is 414 g/mol. The van der Waals surface area contributed by atoms with Crippen LogP contribution in [0.3, 0.4) is 0 Å². The SMILES string of the molecule is CCc1cnc(N2CCC(Oc3ccc(CN4CCN(C)CC4)cc3CCCO)CC2)nc1. The molecule has 2 fully saturated rings. The summed E-state index contributed by atoms with van der Waals surface area (Å²) in [5.41, 5.74) is 3.72. The highest BCUT2D eigenvalue weighted by Crippen LogP contribution is 2.27. The lowest BCUT2D eigenvalue weighted by Gasteiger charge is -2.33. The van der Waals surface area contributed by atoms with Crippen molar-refractivity contribution < 1.29 is 9.84 Å². The zero-order valence-electron chi connectivity index (χ0n) is 20.2. The molecule has 1 aromatic carbocycles. The number of likely N-dealkylation sites (N-methyl/N-ethyl adjacent to an activating group) is 1.